The summed E-state index contributed by atoms with van der Waals surface area (Å²) in [4.78, 5) is 28.8. The number of Topliss-reactive ketones (excluding diaryl/α,β-unsaturated/α-hetero) is 1. The Bertz CT molecular complexity index is 829. The lowest BCUT2D eigenvalue weighted by Gasteiger charge is -2.22. The standard InChI is InChI=1S/C23H27NO3/c1-15-21-19(13-17(14-20(21)25)16-9-5-4-6-10-16)24-22(15)23(26)27-18-11-7-2-3-8-12-18/h4-6,9-10,17-18,24H,2-3,7-8,11-14H2,1H3/t17-/m1/s1. The van der Waals surface area contributed by atoms with Crippen LogP contribution in [0, 0.1) is 6.92 Å². The Labute approximate surface area is 160 Å². The zero-order chi connectivity index (χ0) is 18.8. The fourth-order valence-corrected chi connectivity index (χ4v) is 4.57. The van der Waals surface area contributed by atoms with Crippen molar-refractivity contribution >= 4 is 11.8 Å². The number of ketones is 1. The molecule has 142 valence electrons. The van der Waals surface area contributed by atoms with Crippen molar-refractivity contribution in [1.82, 2.24) is 4.98 Å². The van der Waals surface area contributed by atoms with Gasteiger partial charge in [0.1, 0.15) is 11.8 Å². The number of carbonyl (C=O) groups excluding carboxylic acids is 2. The summed E-state index contributed by atoms with van der Waals surface area (Å²) in [5.41, 5.74) is 3.97. The topological polar surface area (TPSA) is 59.2 Å². The predicted molar refractivity (Wildman–Crippen MR) is 104 cm³/mol. The molecule has 1 aromatic heterocycles. The van der Waals surface area contributed by atoms with Crippen LogP contribution in [0.1, 0.15) is 88.5 Å². The van der Waals surface area contributed by atoms with Crippen LogP contribution in [0.4, 0.5) is 0 Å². The number of aromatic amines is 1. The summed E-state index contributed by atoms with van der Waals surface area (Å²) in [6.45, 7) is 1.86. The lowest BCUT2D eigenvalue weighted by molar-refractivity contribution is 0.0260. The molecule has 0 radical (unpaired) electrons. The highest BCUT2D eigenvalue weighted by Gasteiger charge is 2.32. The molecule has 0 bridgehead atoms. The van der Waals surface area contributed by atoms with E-state index in [0.717, 1.165) is 43.4 Å². The molecule has 4 rings (SSSR count). The summed E-state index contributed by atoms with van der Waals surface area (Å²) in [6.07, 6.45) is 7.83. The Morgan fingerprint density at radius 3 is 2.44 bits per heavy atom. The Kier molecular flexibility index (Phi) is 5.15. The molecule has 27 heavy (non-hydrogen) atoms. The van der Waals surface area contributed by atoms with Crippen LogP contribution in [-0.2, 0) is 11.2 Å². The van der Waals surface area contributed by atoms with E-state index in [4.69, 9.17) is 4.74 Å². The largest absolute Gasteiger partial charge is 0.458 e. The molecule has 1 aromatic carbocycles. The van der Waals surface area contributed by atoms with E-state index >= 15 is 0 Å². The van der Waals surface area contributed by atoms with Gasteiger partial charge in [-0.3, -0.25) is 4.79 Å². The quantitative estimate of drug-likeness (QED) is 0.607. The molecule has 0 amide bonds. The van der Waals surface area contributed by atoms with Gasteiger partial charge < -0.3 is 9.72 Å². The zero-order valence-electron chi connectivity index (χ0n) is 15.9. The molecule has 0 saturated heterocycles. The van der Waals surface area contributed by atoms with E-state index in [1.165, 1.54) is 18.4 Å². The molecule has 4 nitrogen and oxygen atoms in total. The second kappa shape index (κ2) is 7.71. The minimum Gasteiger partial charge on any atom is -0.458 e. The highest BCUT2D eigenvalue weighted by atomic mass is 16.5. The number of hydrogen-bond donors (Lipinski definition) is 1. The van der Waals surface area contributed by atoms with E-state index in [0.29, 0.717) is 17.7 Å². The van der Waals surface area contributed by atoms with Crippen LogP contribution in [0.15, 0.2) is 30.3 Å². The summed E-state index contributed by atoms with van der Waals surface area (Å²) in [7, 11) is 0. The molecule has 2 aromatic rings. The Balaban J connectivity index is 1.55. The van der Waals surface area contributed by atoms with Crippen LogP contribution < -0.4 is 0 Å². The third kappa shape index (κ3) is 3.71. The molecule has 1 saturated carbocycles. The van der Waals surface area contributed by atoms with Crippen LogP contribution >= 0.6 is 0 Å². The molecular weight excluding hydrogens is 338 g/mol. The SMILES string of the molecule is Cc1c(C(=O)OC2CCCCCC2)[nH]c2c1C(=O)C[C@H](c1ccccc1)C2. The van der Waals surface area contributed by atoms with Gasteiger partial charge in [0.05, 0.1) is 0 Å². The first-order valence-corrected chi connectivity index (χ1v) is 10.1. The highest BCUT2D eigenvalue weighted by Crippen LogP contribution is 2.35. The molecule has 1 atom stereocenters. The lowest BCUT2D eigenvalue weighted by Crippen LogP contribution is -2.18. The summed E-state index contributed by atoms with van der Waals surface area (Å²) in [5, 5.41) is 0. The first-order chi connectivity index (χ1) is 13.1. The fourth-order valence-electron chi connectivity index (χ4n) is 4.57. The number of fused-ring (bicyclic) bond motifs is 1. The lowest BCUT2D eigenvalue weighted by atomic mass is 9.81. The van der Waals surface area contributed by atoms with Gasteiger partial charge in [-0.1, -0.05) is 43.2 Å². The van der Waals surface area contributed by atoms with Crippen molar-refractivity contribution in [2.45, 2.75) is 70.3 Å². The molecule has 2 aliphatic carbocycles. The molecule has 1 N–H and O–H groups in total. The maximum absolute atomic E-state index is 12.8. The van der Waals surface area contributed by atoms with Gasteiger partial charge in [0.2, 0.25) is 0 Å². The molecule has 4 heteroatoms. The Hall–Kier alpha value is -2.36. The number of ether oxygens (including phenoxy) is 1. The van der Waals surface area contributed by atoms with E-state index in [1.807, 2.05) is 25.1 Å². The molecule has 0 unspecified atom stereocenters. The van der Waals surface area contributed by atoms with E-state index < -0.39 is 0 Å². The minimum atomic E-state index is -0.308. The van der Waals surface area contributed by atoms with Gasteiger partial charge >= 0.3 is 5.97 Å². The predicted octanol–water partition coefficient (Wildman–Crippen LogP) is 5.12. The Morgan fingerprint density at radius 1 is 1.04 bits per heavy atom. The number of aromatic nitrogens is 1. The number of benzene rings is 1. The van der Waals surface area contributed by atoms with Crippen molar-refractivity contribution < 1.29 is 14.3 Å². The third-order valence-electron chi connectivity index (χ3n) is 6.04. The summed E-state index contributed by atoms with van der Waals surface area (Å²) < 4.78 is 5.78. The van der Waals surface area contributed by atoms with Crippen molar-refractivity contribution in [2.24, 2.45) is 0 Å². The van der Waals surface area contributed by atoms with Gasteiger partial charge in [-0.05, 0) is 56.1 Å². The van der Waals surface area contributed by atoms with Crippen molar-refractivity contribution in [3.63, 3.8) is 0 Å². The van der Waals surface area contributed by atoms with E-state index in [1.54, 1.807) is 0 Å². The van der Waals surface area contributed by atoms with Crippen molar-refractivity contribution in [3.05, 3.63) is 58.4 Å². The number of nitrogens with one attached hydrogen (secondary N) is 1. The normalized spacial score (nSPS) is 20.8. The third-order valence-corrected chi connectivity index (χ3v) is 6.04. The van der Waals surface area contributed by atoms with Crippen molar-refractivity contribution in [3.8, 4) is 0 Å². The summed E-state index contributed by atoms with van der Waals surface area (Å²) in [6, 6.07) is 10.1. The van der Waals surface area contributed by atoms with Gasteiger partial charge in [0.25, 0.3) is 0 Å². The van der Waals surface area contributed by atoms with Gasteiger partial charge in [0, 0.05) is 17.7 Å². The van der Waals surface area contributed by atoms with E-state index in [2.05, 4.69) is 17.1 Å². The maximum Gasteiger partial charge on any atom is 0.355 e. The average Bonchev–Trinajstić information content (AvgIpc) is 2.83. The van der Waals surface area contributed by atoms with Crippen LogP contribution in [0.2, 0.25) is 0 Å². The fraction of sp³-hybridized carbons (Fsp3) is 0.478. The van der Waals surface area contributed by atoms with Crippen molar-refractivity contribution in [1.29, 1.82) is 0 Å². The molecule has 1 heterocycles. The Morgan fingerprint density at radius 2 is 1.74 bits per heavy atom. The van der Waals surface area contributed by atoms with Gasteiger partial charge in [-0.2, -0.15) is 0 Å². The zero-order valence-corrected chi connectivity index (χ0v) is 15.9. The van der Waals surface area contributed by atoms with Crippen LogP contribution in [0.25, 0.3) is 0 Å². The number of carbonyl (C=O) groups is 2. The molecule has 0 aliphatic heterocycles. The monoisotopic (exact) mass is 365 g/mol. The van der Waals surface area contributed by atoms with E-state index in [9.17, 15) is 9.59 Å². The molecule has 1 fully saturated rings. The second-order valence-electron chi connectivity index (χ2n) is 7.94. The number of rotatable bonds is 3. The number of H-pyrrole nitrogens is 1. The summed E-state index contributed by atoms with van der Waals surface area (Å²) >= 11 is 0. The van der Waals surface area contributed by atoms with Gasteiger partial charge in [-0.25, -0.2) is 4.79 Å². The molecule has 0 spiro atoms. The van der Waals surface area contributed by atoms with Crippen LogP contribution in [0.5, 0.6) is 0 Å². The van der Waals surface area contributed by atoms with Crippen LogP contribution in [-0.4, -0.2) is 22.8 Å². The average molecular weight is 365 g/mol. The van der Waals surface area contributed by atoms with Gasteiger partial charge in [0.15, 0.2) is 5.78 Å². The van der Waals surface area contributed by atoms with Crippen molar-refractivity contribution in [2.75, 3.05) is 0 Å². The second-order valence-corrected chi connectivity index (χ2v) is 7.94. The first-order valence-electron chi connectivity index (χ1n) is 10.1. The maximum atomic E-state index is 12.8. The first kappa shape index (κ1) is 18.0. The van der Waals surface area contributed by atoms with E-state index in [-0.39, 0.29) is 23.8 Å². The highest BCUT2D eigenvalue weighted by molar-refractivity contribution is 6.03. The van der Waals surface area contributed by atoms with Crippen LogP contribution in [0.3, 0.4) is 0 Å². The molecular formula is C23H27NO3. The smallest absolute Gasteiger partial charge is 0.355 e. The molecule has 2 aliphatic rings. The number of esters is 1. The minimum absolute atomic E-state index is 0.00694. The summed E-state index contributed by atoms with van der Waals surface area (Å²) in [5.74, 6) is -0.0276. The number of hydrogen-bond acceptors (Lipinski definition) is 3. The van der Waals surface area contributed by atoms with Gasteiger partial charge in [-0.15, -0.1) is 0 Å².